The largest absolute Gasteiger partial charge is 0.435 e. The van der Waals surface area contributed by atoms with E-state index in [-0.39, 0.29) is 18.0 Å². The summed E-state index contributed by atoms with van der Waals surface area (Å²) in [6.07, 6.45) is -1.02. The lowest BCUT2D eigenvalue weighted by Gasteiger charge is -2.32. The van der Waals surface area contributed by atoms with Crippen LogP contribution in [0.4, 0.5) is 18.0 Å². The van der Waals surface area contributed by atoms with E-state index in [9.17, 15) is 26.4 Å². The van der Waals surface area contributed by atoms with Gasteiger partial charge in [0.15, 0.2) is 5.69 Å². The summed E-state index contributed by atoms with van der Waals surface area (Å²) in [6.45, 7) is 0.887. The number of urea groups is 1. The minimum absolute atomic E-state index is 0.0967. The van der Waals surface area contributed by atoms with E-state index in [1.54, 1.807) is 0 Å². The topological polar surface area (TPSA) is 96.3 Å². The number of amides is 2. The molecule has 1 fully saturated rings. The number of alkyl halides is 3. The standard InChI is InChI=1S/C14H22F3N5O3S/c1-21-9-11(12(20-21)14(15,16)17)8-18-13(23)22-5-3-10(4-6-22)7-19-26(2,24)25/h9-10,19H,3-8H2,1-2H3,(H,18,23). The zero-order valence-electron chi connectivity index (χ0n) is 14.5. The summed E-state index contributed by atoms with van der Waals surface area (Å²) in [7, 11) is -1.86. The number of carbonyl (C=O) groups is 1. The smallest absolute Gasteiger partial charge is 0.334 e. The van der Waals surface area contributed by atoms with Gasteiger partial charge in [0.1, 0.15) is 0 Å². The van der Waals surface area contributed by atoms with E-state index in [0.29, 0.717) is 32.5 Å². The van der Waals surface area contributed by atoms with Gasteiger partial charge in [-0.2, -0.15) is 18.3 Å². The first-order valence-corrected chi connectivity index (χ1v) is 9.92. The van der Waals surface area contributed by atoms with Crippen molar-refractivity contribution in [3.8, 4) is 0 Å². The highest BCUT2D eigenvalue weighted by molar-refractivity contribution is 7.88. The summed E-state index contributed by atoms with van der Waals surface area (Å²) < 4.78 is 64.4. The maximum Gasteiger partial charge on any atom is 0.435 e. The van der Waals surface area contributed by atoms with E-state index in [2.05, 4.69) is 15.1 Å². The first kappa shape index (κ1) is 20.5. The first-order chi connectivity index (χ1) is 12.0. The average molecular weight is 397 g/mol. The number of nitrogens with zero attached hydrogens (tertiary/aromatic N) is 3. The van der Waals surface area contributed by atoms with Crippen molar-refractivity contribution in [1.82, 2.24) is 24.7 Å². The predicted octanol–water partition coefficient (Wildman–Crippen LogP) is 0.910. The molecule has 2 rings (SSSR count). The molecule has 2 amide bonds. The van der Waals surface area contributed by atoms with E-state index < -0.39 is 27.9 Å². The number of carbonyl (C=O) groups excluding carboxylic acids is 1. The van der Waals surface area contributed by atoms with Crippen LogP contribution in [0, 0.1) is 5.92 Å². The van der Waals surface area contributed by atoms with Crippen LogP contribution in [0.25, 0.3) is 0 Å². The van der Waals surface area contributed by atoms with Gasteiger partial charge in [-0.25, -0.2) is 17.9 Å². The molecule has 0 unspecified atom stereocenters. The molecule has 1 aromatic rings. The summed E-state index contributed by atoms with van der Waals surface area (Å²) in [4.78, 5) is 13.7. The Hall–Kier alpha value is -1.82. The van der Waals surface area contributed by atoms with Crippen molar-refractivity contribution in [2.45, 2.75) is 25.6 Å². The number of piperidine rings is 1. The Bertz CT molecular complexity index is 739. The van der Waals surface area contributed by atoms with E-state index in [4.69, 9.17) is 0 Å². The second kappa shape index (κ2) is 7.82. The lowest BCUT2D eigenvalue weighted by atomic mass is 9.97. The van der Waals surface area contributed by atoms with Crippen molar-refractivity contribution in [3.05, 3.63) is 17.5 Å². The molecule has 26 heavy (non-hydrogen) atoms. The maximum absolute atomic E-state index is 12.9. The fourth-order valence-electron chi connectivity index (χ4n) is 2.80. The SMILES string of the molecule is Cn1cc(CNC(=O)N2CCC(CNS(C)(=O)=O)CC2)c(C(F)(F)F)n1. The van der Waals surface area contributed by atoms with Crippen molar-refractivity contribution in [2.75, 3.05) is 25.9 Å². The molecule has 0 bridgehead atoms. The molecule has 2 N–H and O–H groups in total. The molecule has 0 radical (unpaired) electrons. The summed E-state index contributed by atoms with van der Waals surface area (Å²) in [5.41, 5.74) is -1.11. The van der Waals surface area contributed by atoms with E-state index >= 15 is 0 Å². The average Bonchev–Trinajstić information content (AvgIpc) is 2.91. The van der Waals surface area contributed by atoms with Crippen molar-refractivity contribution < 1.29 is 26.4 Å². The number of halogens is 3. The third kappa shape index (κ3) is 5.87. The number of aromatic nitrogens is 2. The number of nitrogens with one attached hydrogen (secondary N) is 2. The molecule has 12 heteroatoms. The van der Waals surface area contributed by atoms with Crippen LogP contribution in [-0.4, -0.2) is 55.0 Å². The van der Waals surface area contributed by atoms with Gasteiger partial charge in [0.25, 0.3) is 0 Å². The Labute approximate surface area is 149 Å². The summed E-state index contributed by atoms with van der Waals surface area (Å²) in [5, 5.41) is 5.88. The van der Waals surface area contributed by atoms with Crippen LogP contribution in [0.3, 0.4) is 0 Å². The van der Waals surface area contributed by atoms with Crippen molar-refractivity contribution in [3.63, 3.8) is 0 Å². The molecule has 2 heterocycles. The van der Waals surface area contributed by atoms with Gasteiger partial charge in [0.2, 0.25) is 10.0 Å². The van der Waals surface area contributed by atoms with Gasteiger partial charge >= 0.3 is 12.2 Å². The molecule has 1 saturated heterocycles. The highest BCUT2D eigenvalue weighted by atomic mass is 32.2. The van der Waals surface area contributed by atoms with Crippen LogP contribution in [0.2, 0.25) is 0 Å². The highest BCUT2D eigenvalue weighted by Gasteiger charge is 2.37. The van der Waals surface area contributed by atoms with Gasteiger partial charge in [-0.1, -0.05) is 0 Å². The minimum Gasteiger partial charge on any atom is -0.334 e. The zero-order valence-corrected chi connectivity index (χ0v) is 15.3. The van der Waals surface area contributed by atoms with Crippen LogP contribution < -0.4 is 10.0 Å². The fraction of sp³-hybridized carbons (Fsp3) is 0.714. The van der Waals surface area contributed by atoms with Gasteiger partial charge in [-0.3, -0.25) is 4.68 Å². The van der Waals surface area contributed by atoms with Crippen LogP contribution in [0.5, 0.6) is 0 Å². The summed E-state index contributed by atoms with van der Waals surface area (Å²) >= 11 is 0. The lowest BCUT2D eigenvalue weighted by molar-refractivity contribution is -0.142. The summed E-state index contributed by atoms with van der Waals surface area (Å²) in [6, 6.07) is -0.448. The van der Waals surface area contributed by atoms with E-state index in [0.717, 1.165) is 10.9 Å². The quantitative estimate of drug-likeness (QED) is 0.772. The van der Waals surface area contributed by atoms with Crippen molar-refractivity contribution >= 4 is 16.1 Å². The molecule has 0 saturated carbocycles. The monoisotopic (exact) mass is 397 g/mol. The first-order valence-electron chi connectivity index (χ1n) is 8.03. The maximum atomic E-state index is 12.9. The second-order valence-electron chi connectivity index (χ2n) is 6.38. The van der Waals surface area contributed by atoms with Crippen molar-refractivity contribution in [2.24, 2.45) is 13.0 Å². The third-order valence-corrected chi connectivity index (χ3v) is 4.83. The van der Waals surface area contributed by atoms with Gasteiger partial charge in [0.05, 0.1) is 6.26 Å². The fourth-order valence-corrected chi connectivity index (χ4v) is 3.34. The van der Waals surface area contributed by atoms with Gasteiger partial charge in [-0.05, 0) is 18.8 Å². The van der Waals surface area contributed by atoms with Crippen LogP contribution in [0.15, 0.2) is 6.20 Å². The highest BCUT2D eigenvalue weighted by Crippen LogP contribution is 2.30. The number of sulfonamides is 1. The second-order valence-corrected chi connectivity index (χ2v) is 8.22. The van der Waals surface area contributed by atoms with E-state index in [1.807, 2.05) is 0 Å². The van der Waals surface area contributed by atoms with Crippen LogP contribution in [-0.2, 0) is 29.8 Å². The Morgan fingerprint density at radius 3 is 2.50 bits per heavy atom. The molecule has 1 aromatic heterocycles. The molecule has 8 nitrogen and oxygen atoms in total. The lowest BCUT2D eigenvalue weighted by Crippen LogP contribution is -2.45. The zero-order chi connectivity index (χ0) is 19.5. The third-order valence-electron chi connectivity index (χ3n) is 4.14. The number of likely N-dealkylation sites (tertiary alicyclic amines) is 1. The van der Waals surface area contributed by atoms with Crippen molar-refractivity contribution in [1.29, 1.82) is 0 Å². The normalized spacial score (nSPS) is 16.7. The van der Waals surface area contributed by atoms with Gasteiger partial charge in [-0.15, -0.1) is 0 Å². The Morgan fingerprint density at radius 2 is 1.96 bits per heavy atom. The molecule has 0 aliphatic carbocycles. The molecule has 0 aromatic carbocycles. The molecule has 0 spiro atoms. The van der Waals surface area contributed by atoms with Crippen LogP contribution in [0.1, 0.15) is 24.1 Å². The number of hydrogen-bond donors (Lipinski definition) is 2. The predicted molar refractivity (Wildman–Crippen MR) is 87.6 cm³/mol. The Kier molecular flexibility index (Phi) is 6.17. The van der Waals surface area contributed by atoms with E-state index in [1.165, 1.54) is 18.1 Å². The molecular formula is C14H22F3N5O3S. The number of aryl methyl sites for hydroxylation is 1. The molecular weight excluding hydrogens is 375 g/mol. The van der Waals surface area contributed by atoms with Crippen LogP contribution >= 0.6 is 0 Å². The number of rotatable bonds is 5. The molecule has 1 aliphatic heterocycles. The Morgan fingerprint density at radius 1 is 1.35 bits per heavy atom. The van der Waals surface area contributed by atoms with Gasteiger partial charge < -0.3 is 10.2 Å². The Balaban J connectivity index is 1.83. The summed E-state index contributed by atoms with van der Waals surface area (Å²) in [5.74, 6) is 0.129. The molecule has 148 valence electrons. The molecule has 1 aliphatic rings. The molecule has 0 atom stereocenters. The number of hydrogen-bond acceptors (Lipinski definition) is 4. The minimum atomic E-state index is -4.58. The van der Waals surface area contributed by atoms with Gasteiger partial charge in [0, 0.05) is 45.0 Å².